The quantitative estimate of drug-likeness (QED) is 0.760. The Morgan fingerprint density at radius 3 is 2.61 bits per heavy atom. The lowest BCUT2D eigenvalue weighted by atomic mass is 10.3. The van der Waals surface area contributed by atoms with Crippen LogP contribution in [0.25, 0.3) is 0 Å². The fourth-order valence-corrected chi connectivity index (χ4v) is 3.48. The van der Waals surface area contributed by atoms with Gasteiger partial charge < -0.3 is 4.90 Å². The van der Waals surface area contributed by atoms with Crippen molar-refractivity contribution < 1.29 is 8.42 Å². The Bertz CT molecular complexity index is 550. The number of hydrogen-bond acceptors (Lipinski definition) is 4. The average molecular weight is 265 g/mol. The number of likely N-dealkylation sites (tertiary alicyclic amines) is 1. The van der Waals surface area contributed by atoms with E-state index >= 15 is 0 Å². The predicted octanol–water partition coefficient (Wildman–Crippen LogP) is 0.862. The van der Waals surface area contributed by atoms with E-state index in [1.54, 1.807) is 42.3 Å². The van der Waals surface area contributed by atoms with E-state index in [0.29, 0.717) is 24.4 Å². The topological polar surface area (TPSA) is 64.4 Å². The summed E-state index contributed by atoms with van der Waals surface area (Å²) >= 11 is 0. The van der Waals surface area contributed by atoms with Crippen LogP contribution in [0.15, 0.2) is 35.2 Å². The van der Waals surface area contributed by atoms with Gasteiger partial charge in [0.15, 0.2) is 6.19 Å². The lowest BCUT2D eigenvalue weighted by molar-refractivity contribution is 0.365. The molecule has 1 heterocycles. The van der Waals surface area contributed by atoms with E-state index in [1.807, 2.05) is 0 Å². The van der Waals surface area contributed by atoms with Crippen LogP contribution in [0.5, 0.6) is 0 Å². The molecule has 2 rings (SSSR count). The molecule has 0 N–H and O–H groups in total. The van der Waals surface area contributed by atoms with E-state index in [0.717, 1.165) is 0 Å². The standard InChI is InChI=1S/C12H15N3O2S/c1-14(11-7-8-15(9-11)10-13)18(16,17)12-5-3-2-4-6-12/h2-6,11H,7-9H2,1H3/t11-/m1/s1. The summed E-state index contributed by atoms with van der Waals surface area (Å²) in [7, 11) is -1.88. The zero-order valence-corrected chi connectivity index (χ0v) is 11.0. The molecule has 0 aromatic heterocycles. The largest absolute Gasteiger partial charge is 0.309 e. The van der Waals surface area contributed by atoms with Gasteiger partial charge in [-0.3, -0.25) is 0 Å². The van der Waals surface area contributed by atoms with Crippen LogP contribution in [0.3, 0.4) is 0 Å². The highest BCUT2D eigenvalue weighted by atomic mass is 32.2. The molecule has 0 spiro atoms. The van der Waals surface area contributed by atoms with Crippen LogP contribution >= 0.6 is 0 Å². The molecule has 0 radical (unpaired) electrons. The summed E-state index contributed by atoms with van der Waals surface area (Å²) in [5.41, 5.74) is 0. The minimum atomic E-state index is -3.46. The van der Waals surface area contributed by atoms with Crippen molar-refractivity contribution in [2.45, 2.75) is 17.4 Å². The summed E-state index contributed by atoms with van der Waals surface area (Å²) < 4.78 is 26.1. The molecule has 1 aliphatic heterocycles. The highest BCUT2D eigenvalue weighted by molar-refractivity contribution is 7.89. The number of benzene rings is 1. The summed E-state index contributed by atoms with van der Waals surface area (Å²) in [6.07, 6.45) is 2.74. The van der Waals surface area contributed by atoms with Crippen LogP contribution in [0.4, 0.5) is 0 Å². The van der Waals surface area contributed by atoms with Gasteiger partial charge in [0.1, 0.15) is 0 Å². The van der Waals surface area contributed by atoms with Gasteiger partial charge in [0.25, 0.3) is 0 Å². The van der Waals surface area contributed by atoms with Crippen LogP contribution in [0.2, 0.25) is 0 Å². The number of nitrogens with zero attached hydrogens (tertiary/aromatic N) is 3. The highest BCUT2D eigenvalue weighted by Gasteiger charge is 2.32. The molecule has 0 amide bonds. The third-order valence-electron chi connectivity index (χ3n) is 3.24. The SMILES string of the molecule is CN([C@@H]1CCN(C#N)C1)S(=O)(=O)c1ccccc1. The number of rotatable bonds is 3. The normalized spacial score (nSPS) is 20.1. The monoisotopic (exact) mass is 265 g/mol. The summed E-state index contributed by atoms with van der Waals surface area (Å²) in [4.78, 5) is 1.88. The number of likely N-dealkylation sites (N-methyl/N-ethyl adjacent to an activating group) is 1. The van der Waals surface area contributed by atoms with Crippen LogP contribution in [-0.2, 0) is 10.0 Å². The maximum absolute atomic E-state index is 12.3. The third-order valence-corrected chi connectivity index (χ3v) is 5.16. The molecule has 18 heavy (non-hydrogen) atoms. The molecule has 1 aliphatic rings. The average Bonchev–Trinajstić information content (AvgIpc) is 2.87. The fourth-order valence-electron chi connectivity index (χ4n) is 2.08. The van der Waals surface area contributed by atoms with Crippen molar-refractivity contribution in [1.82, 2.24) is 9.21 Å². The molecule has 1 aromatic carbocycles. The minimum Gasteiger partial charge on any atom is -0.309 e. The van der Waals surface area contributed by atoms with Gasteiger partial charge in [-0.25, -0.2) is 8.42 Å². The van der Waals surface area contributed by atoms with Crippen LogP contribution in [-0.4, -0.2) is 43.8 Å². The summed E-state index contributed by atoms with van der Waals surface area (Å²) in [5.74, 6) is 0. The molecule has 1 aromatic rings. The summed E-state index contributed by atoms with van der Waals surface area (Å²) in [6, 6.07) is 8.24. The predicted molar refractivity (Wildman–Crippen MR) is 67.0 cm³/mol. The van der Waals surface area contributed by atoms with Crippen molar-refractivity contribution in [2.75, 3.05) is 20.1 Å². The molecular formula is C12H15N3O2S. The second-order valence-corrected chi connectivity index (χ2v) is 6.32. The molecule has 5 nitrogen and oxygen atoms in total. The molecule has 1 fully saturated rings. The van der Waals surface area contributed by atoms with Gasteiger partial charge in [-0.05, 0) is 18.6 Å². The Morgan fingerprint density at radius 1 is 1.39 bits per heavy atom. The van der Waals surface area contributed by atoms with E-state index in [4.69, 9.17) is 5.26 Å². The van der Waals surface area contributed by atoms with Gasteiger partial charge in [-0.1, -0.05) is 18.2 Å². The van der Waals surface area contributed by atoms with E-state index in [9.17, 15) is 8.42 Å². The zero-order chi connectivity index (χ0) is 13.2. The molecular weight excluding hydrogens is 250 g/mol. The Hall–Kier alpha value is -1.58. The van der Waals surface area contributed by atoms with E-state index in [1.165, 1.54) is 4.31 Å². The first-order valence-corrected chi connectivity index (χ1v) is 7.17. The second-order valence-electron chi connectivity index (χ2n) is 4.32. The lowest BCUT2D eigenvalue weighted by Gasteiger charge is -2.23. The molecule has 1 saturated heterocycles. The van der Waals surface area contributed by atoms with Crippen LogP contribution in [0.1, 0.15) is 6.42 Å². The van der Waals surface area contributed by atoms with E-state index in [-0.39, 0.29) is 6.04 Å². The number of nitriles is 1. The van der Waals surface area contributed by atoms with Crippen LogP contribution < -0.4 is 0 Å². The first-order valence-electron chi connectivity index (χ1n) is 5.73. The Morgan fingerprint density at radius 2 is 2.06 bits per heavy atom. The molecule has 96 valence electrons. The molecule has 0 bridgehead atoms. The number of sulfonamides is 1. The Labute approximate surface area is 107 Å². The first kappa shape index (κ1) is 12.9. The van der Waals surface area contributed by atoms with Gasteiger partial charge in [0, 0.05) is 26.2 Å². The Balaban J connectivity index is 2.19. The maximum atomic E-state index is 12.3. The second kappa shape index (κ2) is 4.96. The smallest absolute Gasteiger partial charge is 0.243 e. The Kier molecular flexibility index (Phi) is 3.55. The van der Waals surface area contributed by atoms with Crippen molar-refractivity contribution >= 4 is 10.0 Å². The molecule has 0 aliphatic carbocycles. The molecule has 1 atom stereocenters. The highest BCUT2D eigenvalue weighted by Crippen LogP contribution is 2.21. The molecule has 0 saturated carbocycles. The fraction of sp³-hybridized carbons (Fsp3) is 0.417. The first-order chi connectivity index (χ1) is 8.55. The minimum absolute atomic E-state index is 0.130. The van der Waals surface area contributed by atoms with Gasteiger partial charge in [0.05, 0.1) is 4.90 Å². The lowest BCUT2D eigenvalue weighted by Crippen LogP contribution is -2.38. The van der Waals surface area contributed by atoms with E-state index in [2.05, 4.69) is 6.19 Å². The zero-order valence-electron chi connectivity index (χ0n) is 10.2. The van der Waals surface area contributed by atoms with Crippen molar-refractivity contribution in [2.24, 2.45) is 0 Å². The van der Waals surface area contributed by atoms with Crippen molar-refractivity contribution in [3.05, 3.63) is 30.3 Å². The number of hydrogen-bond donors (Lipinski definition) is 0. The van der Waals surface area contributed by atoms with Crippen molar-refractivity contribution in [1.29, 1.82) is 5.26 Å². The summed E-state index contributed by atoms with van der Waals surface area (Å²) in [6.45, 7) is 1.09. The van der Waals surface area contributed by atoms with Crippen LogP contribution in [0, 0.1) is 11.5 Å². The van der Waals surface area contributed by atoms with Crippen molar-refractivity contribution in [3.63, 3.8) is 0 Å². The van der Waals surface area contributed by atoms with E-state index < -0.39 is 10.0 Å². The molecule has 6 heteroatoms. The third kappa shape index (κ3) is 2.33. The molecule has 0 unspecified atom stereocenters. The van der Waals surface area contributed by atoms with Gasteiger partial charge >= 0.3 is 0 Å². The summed E-state index contributed by atoms with van der Waals surface area (Å²) in [5, 5.41) is 8.79. The van der Waals surface area contributed by atoms with Gasteiger partial charge in [-0.2, -0.15) is 9.57 Å². The van der Waals surface area contributed by atoms with Crippen molar-refractivity contribution in [3.8, 4) is 6.19 Å². The van der Waals surface area contributed by atoms with Gasteiger partial charge in [0.2, 0.25) is 10.0 Å². The maximum Gasteiger partial charge on any atom is 0.243 e. The van der Waals surface area contributed by atoms with Gasteiger partial charge in [-0.15, -0.1) is 0 Å².